The van der Waals surface area contributed by atoms with Crippen molar-refractivity contribution in [2.24, 2.45) is 0 Å². The molecule has 2 aromatic rings. The highest BCUT2D eigenvalue weighted by atomic mass is 35.5. The highest BCUT2D eigenvalue weighted by Crippen LogP contribution is 2.27. The maximum atomic E-state index is 12.3. The van der Waals surface area contributed by atoms with Crippen LogP contribution < -0.4 is 9.08 Å². The summed E-state index contributed by atoms with van der Waals surface area (Å²) >= 11 is 7.14. The van der Waals surface area contributed by atoms with Gasteiger partial charge < -0.3 is 9.08 Å². The van der Waals surface area contributed by atoms with Gasteiger partial charge in [0.15, 0.2) is 0 Å². The van der Waals surface area contributed by atoms with E-state index in [4.69, 9.17) is 15.8 Å². The zero-order chi connectivity index (χ0) is 16.9. The molecule has 0 radical (unpaired) electrons. The molecule has 1 saturated heterocycles. The van der Waals surface area contributed by atoms with E-state index in [0.717, 1.165) is 42.4 Å². The van der Waals surface area contributed by atoms with E-state index in [2.05, 4.69) is 6.92 Å². The standard InChI is InChI=1S/C18H19ClN2O2S/c1-2-11-20-12-13-21(18(20)22)15-5-9-17(10-6-15)24-23-16-7-3-14(19)4-8-16/h3-10H,2,11-13H2,1H3. The minimum absolute atomic E-state index is 0.0923. The van der Waals surface area contributed by atoms with Crippen LogP contribution in [0.1, 0.15) is 13.3 Å². The van der Waals surface area contributed by atoms with E-state index in [9.17, 15) is 4.79 Å². The van der Waals surface area contributed by atoms with Crippen molar-refractivity contribution in [2.45, 2.75) is 18.2 Å². The first-order valence-corrected chi connectivity index (χ1v) is 9.06. The smallest absolute Gasteiger partial charge is 0.324 e. The van der Waals surface area contributed by atoms with Crippen molar-refractivity contribution in [1.29, 1.82) is 0 Å². The third kappa shape index (κ3) is 3.97. The summed E-state index contributed by atoms with van der Waals surface area (Å²) in [5.74, 6) is 0.749. The lowest BCUT2D eigenvalue weighted by Gasteiger charge is -2.18. The number of urea groups is 1. The van der Waals surface area contributed by atoms with Gasteiger partial charge in [0.25, 0.3) is 0 Å². The Balaban J connectivity index is 1.59. The summed E-state index contributed by atoms with van der Waals surface area (Å²) in [6.07, 6.45) is 0.983. The lowest BCUT2D eigenvalue weighted by Crippen LogP contribution is -2.32. The summed E-state index contributed by atoms with van der Waals surface area (Å²) in [6, 6.07) is 15.2. The molecule has 0 N–H and O–H groups in total. The number of carbonyl (C=O) groups is 1. The van der Waals surface area contributed by atoms with E-state index >= 15 is 0 Å². The number of hydrogen-bond acceptors (Lipinski definition) is 3. The lowest BCUT2D eigenvalue weighted by molar-refractivity contribution is 0.220. The molecule has 0 spiro atoms. The maximum Gasteiger partial charge on any atom is 0.324 e. The second-order valence-electron chi connectivity index (χ2n) is 5.54. The molecule has 1 aliphatic rings. The van der Waals surface area contributed by atoms with Gasteiger partial charge in [-0.2, -0.15) is 0 Å². The molecule has 0 aromatic heterocycles. The van der Waals surface area contributed by atoms with Crippen LogP contribution in [0.25, 0.3) is 0 Å². The maximum absolute atomic E-state index is 12.3. The molecule has 6 heteroatoms. The third-order valence-corrected chi connectivity index (χ3v) is 4.78. The van der Waals surface area contributed by atoms with Crippen molar-refractivity contribution in [3.63, 3.8) is 0 Å². The van der Waals surface area contributed by atoms with Gasteiger partial charge >= 0.3 is 6.03 Å². The second kappa shape index (κ2) is 7.81. The van der Waals surface area contributed by atoms with Crippen molar-refractivity contribution in [3.8, 4) is 5.75 Å². The summed E-state index contributed by atoms with van der Waals surface area (Å²) < 4.78 is 5.65. The normalized spacial score (nSPS) is 14.3. The molecule has 4 nitrogen and oxygen atoms in total. The number of benzene rings is 2. The van der Waals surface area contributed by atoms with Gasteiger partial charge in [-0.3, -0.25) is 4.90 Å². The summed E-state index contributed by atoms with van der Waals surface area (Å²) in [6.45, 7) is 4.44. The van der Waals surface area contributed by atoms with Gasteiger partial charge in [0.05, 0.1) is 12.0 Å². The molecule has 1 fully saturated rings. The minimum Gasteiger partial charge on any atom is -0.421 e. The number of halogens is 1. The fourth-order valence-corrected chi connectivity index (χ4v) is 3.24. The largest absolute Gasteiger partial charge is 0.421 e. The van der Waals surface area contributed by atoms with Crippen LogP contribution >= 0.6 is 23.6 Å². The average molecular weight is 363 g/mol. The monoisotopic (exact) mass is 362 g/mol. The van der Waals surface area contributed by atoms with Gasteiger partial charge in [-0.05, 0) is 55.0 Å². The van der Waals surface area contributed by atoms with Crippen molar-refractivity contribution >= 4 is 35.4 Å². The molecule has 0 unspecified atom stereocenters. The van der Waals surface area contributed by atoms with Gasteiger partial charge in [0, 0.05) is 35.2 Å². The molecule has 2 aromatic carbocycles. The lowest BCUT2D eigenvalue weighted by atomic mass is 10.3. The first-order chi connectivity index (χ1) is 11.7. The zero-order valence-electron chi connectivity index (χ0n) is 13.4. The van der Waals surface area contributed by atoms with Crippen molar-refractivity contribution < 1.29 is 8.98 Å². The van der Waals surface area contributed by atoms with Gasteiger partial charge in [0.1, 0.15) is 5.75 Å². The van der Waals surface area contributed by atoms with E-state index in [1.807, 2.05) is 46.2 Å². The molecule has 0 atom stereocenters. The zero-order valence-corrected chi connectivity index (χ0v) is 15.0. The number of hydrogen-bond donors (Lipinski definition) is 0. The highest BCUT2D eigenvalue weighted by Gasteiger charge is 2.28. The van der Waals surface area contributed by atoms with Crippen LogP contribution in [0.3, 0.4) is 0 Å². The Morgan fingerprint density at radius 3 is 2.46 bits per heavy atom. The molecule has 126 valence electrons. The Kier molecular flexibility index (Phi) is 5.53. The van der Waals surface area contributed by atoms with Crippen LogP contribution in [0.15, 0.2) is 53.4 Å². The van der Waals surface area contributed by atoms with Crippen molar-refractivity contribution in [1.82, 2.24) is 4.90 Å². The predicted molar refractivity (Wildman–Crippen MR) is 99.0 cm³/mol. The number of anilines is 1. The van der Waals surface area contributed by atoms with E-state index in [0.29, 0.717) is 5.02 Å². The Bertz CT molecular complexity index is 691. The summed E-state index contributed by atoms with van der Waals surface area (Å²) in [5.41, 5.74) is 0.925. The summed E-state index contributed by atoms with van der Waals surface area (Å²) in [7, 11) is 0. The summed E-state index contributed by atoms with van der Waals surface area (Å²) in [5, 5.41) is 0.684. The molecule has 2 amide bonds. The fourth-order valence-electron chi connectivity index (χ4n) is 2.57. The van der Waals surface area contributed by atoms with E-state index in [-0.39, 0.29) is 6.03 Å². The molecule has 0 bridgehead atoms. The molecular formula is C18H19ClN2O2S. The summed E-state index contributed by atoms with van der Waals surface area (Å²) in [4.78, 5) is 17.0. The number of rotatable bonds is 6. The molecule has 1 aliphatic heterocycles. The van der Waals surface area contributed by atoms with Crippen LogP contribution in [0.2, 0.25) is 5.02 Å². The van der Waals surface area contributed by atoms with Gasteiger partial charge in [-0.15, -0.1) is 0 Å². The Morgan fingerprint density at radius 2 is 1.79 bits per heavy atom. The first-order valence-electron chi connectivity index (χ1n) is 7.94. The van der Waals surface area contributed by atoms with E-state index < -0.39 is 0 Å². The molecule has 0 aliphatic carbocycles. The van der Waals surface area contributed by atoms with E-state index in [1.165, 1.54) is 12.0 Å². The Labute approximate surface area is 151 Å². The van der Waals surface area contributed by atoms with Crippen LogP contribution in [-0.4, -0.2) is 30.6 Å². The molecule has 1 heterocycles. The minimum atomic E-state index is 0.0923. The topological polar surface area (TPSA) is 32.8 Å². The molecule has 3 rings (SSSR count). The van der Waals surface area contributed by atoms with Crippen molar-refractivity contribution in [2.75, 3.05) is 24.5 Å². The Hall–Kier alpha value is -1.85. The van der Waals surface area contributed by atoms with Crippen LogP contribution in [-0.2, 0) is 0 Å². The predicted octanol–water partition coefficient (Wildman–Crippen LogP) is 5.08. The average Bonchev–Trinajstić information content (AvgIpc) is 2.96. The third-order valence-electron chi connectivity index (χ3n) is 3.78. The van der Waals surface area contributed by atoms with Crippen molar-refractivity contribution in [3.05, 3.63) is 53.6 Å². The SMILES string of the molecule is CCCN1CCN(c2ccc(SOc3ccc(Cl)cc3)cc2)C1=O. The quantitative estimate of drug-likeness (QED) is 0.672. The highest BCUT2D eigenvalue weighted by molar-refractivity contribution is 7.95. The van der Waals surface area contributed by atoms with Gasteiger partial charge in [0.2, 0.25) is 0 Å². The number of amides is 2. The molecular weight excluding hydrogens is 344 g/mol. The van der Waals surface area contributed by atoms with Crippen LogP contribution in [0.4, 0.5) is 10.5 Å². The van der Waals surface area contributed by atoms with Gasteiger partial charge in [-0.1, -0.05) is 18.5 Å². The number of carbonyl (C=O) groups excluding carboxylic acids is 1. The molecule has 24 heavy (non-hydrogen) atoms. The van der Waals surface area contributed by atoms with Crippen LogP contribution in [0, 0.1) is 0 Å². The second-order valence-corrected chi connectivity index (χ2v) is 6.78. The van der Waals surface area contributed by atoms with Gasteiger partial charge in [-0.25, -0.2) is 4.79 Å². The number of nitrogens with zero attached hydrogens (tertiary/aromatic N) is 2. The van der Waals surface area contributed by atoms with Crippen LogP contribution in [0.5, 0.6) is 5.75 Å². The Morgan fingerprint density at radius 1 is 1.08 bits per heavy atom. The molecule has 0 saturated carbocycles. The fraction of sp³-hybridized carbons (Fsp3) is 0.278. The van der Waals surface area contributed by atoms with E-state index in [1.54, 1.807) is 12.1 Å². The first kappa shape index (κ1) is 17.0.